The molecule has 2 aromatic rings. The summed E-state index contributed by atoms with van der Waals surface area (Å²) in [5, 5.41) is 2.62. The Hall–Kier alpha value is -0.872. The van der Waals surface area contributed by atoms with Crippen molar-refractivity contribution in [1.82, 2.24) is 0 Å². The zero-order valence-corrected chi connectivity index (χ0v) is 15.3. The van der Waals surface area contributed by atoms with Crippen LogP contribution in [0.25, 0.3) is 0 Å². The van der Waals surface area contributed by atoms with Crippen molar-refractivity contribution < 1.29 is 28.9 Å². The maximum absolute atomic E-state index is 8.49. The molecule has 22 heavy (non-hydrogen) atoms. The second-order valence-corrected chi connectivity index (χ2v) is 14.3. The van der Waals surface area contributed by atoms with Crippen LogP contribution >= 0.6 is 0 Å². The summed E-state index contributed by atoms with van der Waals surface area (Å²) in [4.78, 5) is 0. The number of benzene rings is 2. The third-order valence-electron chi connectivity index (χ3n) is 3.58. The molecule has 0 heterocycles. The molecule has 0 aliphatic heterocycles. The minimum atomic E-state index is -4.94. The van der Waals surface area contributed by atoms with E-state index in [1.807, 2.05) is 0 Å². The van der Waals surface area contributed by atoms with Gasteiger partial charge in [0.05, 0.1) is 0 Å². The molecule has 0 aliphatic carbocycles. The third kappa shape index (κ3) is 5.73. The molecule has 2 rings (SSSR count). The number of hydrogen-bond donors (Lipinski definition) is 0. The van der Waals surface area contributed by atoms with Gasteiger partial charge in [0, 0.05) is 0 Å². The Morgan fingerprint density at radius 1 is 0.682 bits per heavy atom. The van der Waals surface area contributed by atoms with E-state index in [9.17, 15) is 0 Å². The van der Waals surface area contributed by atoms with Gasteiger partial charge in [-0.05, 0) is 0 Å². The fourth-order valence-corrected chi connectivity index (χ4v) is 10.3. The van der Waals surface area contributed by atoms with Crippen LogP contribution in [0.5, 0.6) is 0 Å². The fraction of sp³-hybridized carbons (Fsp3) is 0.250. The minimum absolute atomic E-state index is 1.31. The number of rotatable bonds is 4. The van der Waals surface area contributed by atoms with Gasteiger partial charge in [0.1, 0.15) is 0 Å². The first-order valence-corrected chi connectivity index (χ1v) is 12.7. The van der Waals surface area contributed by atoms with Gasteiger partial charge in [-0.2, -0.15) is 0 Å². The van der Waals surface area contributed by atoms with Crippen molar-refractivity contribution in [1.29, 1.82) is 0 Å². The van der Waals surface area contributed by atoms with Crippen molar-refractivity contribution in [2.45, 2.75) is 24.3 Å². The van der Waals surface area contributed by atoms with Crippen molar-refractivity contribution in [2.75, 3.05) is 0 Å². The molecule has 0 saturated heterocycles. The average Bonchev–Trinajstić information content (AvgIpc) is 2.50. The molecule has 120 valence electrons. The molecule has 0 unspecified atom stereocenters. The fourth-order valence-electron chi connectivity index (χ4n) is 2.53. The predicted molar refractivity (Wildman–Crippen MR) is 78.9 cm³/mol. The van der Waals surface area contributed by atoms with Gasteiger partial charge in [-0.3, -0.25) is 0 Å². The van der Waals surface area contributed by atoms with E-state index in [0.29, 0.717) is 0 Å². The van der Waals surface area contributed by atoms with Crippen LogP contribution in [0, 0.1) is 10.2 Å². The monoisotopic (exact) mass is 386 g/mol. The molecule has 0 radical (unpaired) electrons. The Kier molecular flexibility index (Phi) is 7.57. The normalized spacial score (nSPS) is 11.5. The molecule has 2 aromatic carbocycles. The summed E-state index contributed by atoms with van der Waals surface area (Å²) < 4.78 is 37.2. The molecule has 0 atom stereocenters. The van der Waals surface area contributed by atoms with Crippen LogP contribution in [0.4, 0.5) is 0 Å². The molecule has 4 nitrogen and oxygen atoms in total. The molecule has 0 saturated carbocycles. The molecule has 0 aromatic heterocycles. The molecule has 6 heteroatoms. The van der Waals surface area contributed by atoms with Crippen molar-refractivity contribution in [3.8, 4) is 0 Å². The van der Waals surface area contributed by atoms with E-state index >= 15 is 0 Å². The van der Waals surface area contributed by atoms with Crippen LogP contribution < -0.4 is 27.3 Å². The summed E-state index contributed by atoms with van der Waals surface area (Å²) in [6.45, 7) is 4.72. The van der Waals surface area contributed by atoms with E-state index in [-0.39, 0.29) is 0 Å². The maximum atomic E-state index is 8.49. The Labute approximate surface area is 136 Å². The van der Waals surface area contributed by atoms with Gasteiger partial charge in [0.15, 0.2) is 0 Å². The van der Waals surface area contributed by atoms with Crippen LogP contribution in [0.1, 0.15) is 13.8 Å². The Bertz CT molecular complexity index is 492. The first-order valence-electron chi connectivity index (χ1n) is 6.93. The standard InChI is InChI=1S/C16H20As.ClHO4/c1-3-17(4-2,15-11-7-5-8-12-15)16-13-9-6-10-14-16;2-1(3,4)5/h5-14H,3-4H2,1-2H3;(H,2,3,4,5)/q+1;/p-1. The largest absolute Gasteiger partial charge is 0.222 e. The van der Waals surface area contributed by atoms with Crippen molar-refractivity contribution in [2.24, 2.45) is 0 Å². The van der Waals surface area contributed by atoms with Crippen LogP contribution in [0.15, 0.2) is 60.7 Å². The first-order chi connectivity index (χ1) is 10.3. The summed E-state index contributed by atoms with van der Waals surface area (Å²) in [5.41, 5.74) is 0. The molecule has 0 fully saturated rings. The van der Waals surface area contributed by atoms with E-state index in [1.54, 1.807) is 8.70 Å². The average molecular weight is 387 g/mol. The molecule has 0 spiro atoms. The van der Waals surface area contributed by atoms with Gasteiger partial charge < -0.3 is 0 Å². The molecule has 0 N–H and O–H groups in total. The van der Waals surface area contributed by atoms with Crippen molar-refractivity contribution in [3.63, 3.8) is 0 Å². The summed E-state index contributed by atoms with van der Waals surface area (Å²) in [6.07, 6.45) is 0. The summed E-state index contributed by atoms with van der Waals surface area (Å²) in [6, 6.07) is 22.3. The Balaban J connectivity index is 0.000000422. The Morgan fingerprint density at radius 2 is 0.955 bits per heavy atom. The van der Waals surface area contributed by atoms with E-state index in [4.69, 9.17) is 18.6 Å². The zero-order chi connectivity index (χ0) is 16.6. The molecular formula is C16H20AsClO4. The van der Waals surface area contributed by atoms with Crippen LogP contribution in [-0.2, 0) is 0 Å². The molecule has 0 aliphatic rings. The molecular weight excluding hydrogens is 367 g/mol. The van der Waals surface area contributed by atoms with Crippen molar-refractivity contribution >= 4 is 22.3 Å². The topological polar surface area (TPSA) is 92.2 Å². The van der Waals surface area contributed by atoms with Gasteiger partial charge in [-0.25, -0.2) is 18.6 Å². The van der Waals surface area contributed by atoms with Crippen LogP contribution in [0.2, 0.25) is 10.4 Å². The third-order valence-corrected chi connectivity index (χ3v) is 13.5. The van der Waals surface area contributed by atoms with Crippen LogP contribution in [-0.4, -0.2) is 13.6 Å². The summed E-state index contributed by atoms with van der Waals surface area (Å²) >= 11 is -1.89. The second-order valence-electron chi connectivity index (χ2n) is 4.65. The van der Waals surface area contributed by atoms with Gasteiger partial charge in [0.2, 0.25) is 0 Å². The molecule has 0 bridgehead atoms. The second kappa shape index (κ2) is 8.68. The van der Waals surface area contributed by atoms with Crippen LogP contribution in [0.3, 0.4) is 0 Å². The maximum Gasteiger partial charge on any atom is -0.112 e. The quantitative estimate of drug-likeness (QED) is 0.600. The van der Waals surface area contributed by atoms with Gasteiger partial charge in [-0.15, -0.1) is 10.2 Å². The summed E-state index contributed by atoms with van der Waals surface area (Å²) in [5.74, 6) is 0. The van der Waals surface area contributed by atoms with Gasteiger partial charge in [-0.1, -0.05) is 0 Å². The summed E-state index contributed by atoms with van der Waals surface area (Å²) in [7, 11) is -4.94. The van der Waals surface area contributed by atoms with E-state index < -0.39 is 23.8 Å². The Morgan fingerprint density at radius 3 is 1.18 bits per heavy atom. The van der Waals surface area contributed by atoms with Gasteiger partial charge in [0.25, 0.3) is 0 Å². The van der Waals surface area contributed by atoms with Gasteiger partial charge >= 0.3 is 107 Å². The van der Waals surface area contributed by atoms with E-state index in [1.165, 1.54) is 10.4 Å². The van der Waals surface area contributed by atoms with Crippen molar-refractivity contribution in [3.05, 3.63) is 60.7 Å². The predicted octanol–water partition coefficient (Wildman–Crippen LogP) is -1.47. The number of hydrogen-bond acceptors (Lipinski definition) is 4. The minimum Gasteiger partial charge on any atom is -0.222 e. The number of halogens is 1. The smallest absolute Gasteiger partial charge is 0.112 e. The zero-order valence-electron chi connectivity index (χ0n) is 12.6. The first kappa shape index (κ1) is 19.2. The molecule has 0 amide bonds. The van der Waals surface area contributed by atoms with E-state index in [0.717, 1.165) is 0 Å². The van der Waals surface area contributed by atoms with E-state index in [2.05, 4.69) is 74.5 Å². The SMILES string of the molecule is CC[As+](CC)(c1ccccc1)c1ccccc1.[O-][Cl+3]([O-])([O-])[O-].